The Labute approximate surface area is 101 Å². The molecule has 1 aromatic heterocycles. The van der Waals surface area contributed by atoms with Gasteiger partial charge in [0.05, 0.1) is 10.6 Å². The van der Waals surface area contributed by atoms with E-state index < -0.39 is 11.6 Å². The molecule has 0 aliphatic heterocycles. The number of hydrogen-bond donors (Lipinski definition) is 0. The smallest absolute Gasteiger partial charge is 0.183 e. The van der Waals surface area contributed by atoms with Crippen LogP contribution in [-0.4, -0.2) is 10.2 Å². The van der Waals surface area contributed by atoms with Gasteiger partial charge in [0.15, 0.2) is 8.92 Å². The molecule has 1 heterocycles. The number of hydrogen-bond acceptors (Lipinski definition) is 3. The Morgan fingerprint density at radius 2 is 1.93 bits per heavy atom. The van der Waals surface area contributed by atoms with Crippen molar-refractivity contribution in [1.82, 2.24) is 10.2 Å². The fraction of sp³-hybridized carbons (Fsp3) is 0. The van der Waals surface area contributed by atoms with Gasteiger partial charge in [-0.15, -0.1) is 10.2 Å². The fourth-order valence-electron chi connectivity index (χ4n) is 1.00. The lowest BCUT2D eigenvalue weighted by Crippen LogP contribution is -1.87. The van der Waals surface area contributed by atoms with Gasteiger partial charge in [-0.1, -0.05) is 22.9 Å². The third-order valence-electron chi connectivity index (χ3n) is 1.64. The van der Waals surface area contributed by atoms with Gasteiger partial charge in [-0.25, -0.2) is 8.78 Å². The van der Waals surface area contributed by atoms with Crippen LogP contribution in [0.15, 0.2) is 16.0 Å². The van der Waals surface area contributed by atoms with Gasteiger partial charge in [-0.3, -0.25) is 0 Å². The van der Waals surface area contributed by atoms with E-state index in [9.17, 15) is 8.78 Å². The summed E-state index contributed by atoms with van der Waals surface area (Å²) in [6.45, 7) is 0. The van der Waals surface area contributed by atoms with Gasteiger partial charge in [0.2, 0.25) is 0 Å². The Morgan fingerprint density at radius 3 is 2.53 bits per heavy atom. The molecule has 2 aromatic rings. The second-order valence-corrected chi connectivity index (χ2v) is 5.27. The van der Waals surface area contributed by atoms with Gasteiger partial charge in [0.25, 0.3) is 0 Å². The molecule has 0 amide bonds. The SMILES string of the molecule is Fc1cc(-c2nnc(Br)s2)c(F)cc1Cl. The van der Waals surface area contributed by atoms with Gasteiger partial charge in [0, 0.05) is 0 Å². The zero-order valence-corrected chi connectivity index (χ0v) is 10.1. The van der Waals surface area contributed by atoms with Crippen LogP contribution in [0.5, 0.6) is 0 Å². The van der Waals surface area contributed by atoms with Gasteiger partial charge < -0.3 is 0 Å². The first-order valence-electron chi connectivity index (χ1n) is 3.72. The van der Waals surface area contributed by atoms with Crippen molar-refractivity contribution in [2.45, 2.75) is 0 Å². The highest BCUT2D eigenvalue weighted by Gasteiger charge is 2.13. The summed E-state index contributed by atoms with van der Waals surface area (Å²) in [5.74, 6) is -1.30. The maximum atomic E-state index is 13.4. The molecule has 0 fully saturated rings. The van der Waals surface area contributed by atoms with Crippen molar-refractivity contribution in [1.29, 1.82) is 0 Å². The number of rotatable bonds is 1. The van der Waals surface area contributed by atoms with E-state index in [0.717, 1.165) is 23.5 Å². The van der Waals surface area contributed by atoms with Gasteiger partial charge in [-0.05, 0) is 28.1 Å². The molecule has 7 heteroatoms. The summed E-state index contributed by atoms with van der Waals surface area (Å²) in [5, 5.41) is 7.39. The molecular formula is C8H2BrClF2N2S. The highest BCUT2D eigenvalue weighted by Crippen LogP contribution is 2.31. The van der Waals surface area contributed by atoms with E-state index in [4.69, 9.17) is 11.6 Å². The molecule has 2 nitrogen and oxygen atoms in total. The summed E-state index contributed by atoms with van der Waals surface area (Å²) in [5.41, 5.74) is 0.0556. The van der Waals surface area contributed by atoms with Crippen molar-refractivity contribution >= 4 is 38.9 Å². The molecule has 0 aliphatic carbocycles. The average Bonchev–Trinajstić information content (AvgIpc) is 2.58. The average molecular weight is 312 g/mol. The molecule has 78 valence electrons. The predicted octanol–water partition coefficient (Wildman–Crippen LogP) is 3.90. The van der Waals surface area contributed by atoms with Gasteiger partial charge >= 0.3 is 0 Å². The van der Waals surface area contributed by atoms with Crippen LogP contribution in [0.1, 0.15) is 0 Å². The van der Waals surface area contributed by atoms with Crippen molar-refractivity contribution in [3.8, 4) is 10.6 Å². The summed E-state index contributed by atoms with van der Waals surface area (Å²) in [7, 11) is 0. The van der Waals surface area contributed by atoms with Gasteiger partial charge in [-0.2, -0.15) is 0 Å². The quantitative estimate of drug-likeness (QED) is 0.747. The first-order valence-corrected chi connectivity index (χ1v) is 5.70. The van der Waals surface area contributed by atoms with E-state index in [1.807, 2.05) is 0 Å². The highest BCUT2D eigenvalue weighted by molar-refractivity contribution is 9.11. The third-order valence-corrected chi connectivity index (χ3v) is 3.32. The lowest BCUT2D eigenvalue weighted by molar-refractivity contribution is 0.603. The summed E-state index contributed by atoms with van der Waals surface area (Å²) in [6.07, 6.45) is 0. The second-order valence-electron chi connectivity index (χ2n) is 2.61. The lowest BCUT2D eigenvalue weighted by atomic mass is 10.2. The Balaban J connectivity index is 2.58. The summed E-state index contributed by atoms with van der Waals surface area (Å²) >= 11 is 9.63. The molecule has 0 aliphatic rings. The molecular weight excluding hydrogens is 310 g/mol. The minimum Gasteiger partial charge on any atom is -0.206 e. The number of aromatic nitrogens is 2. The molecule has 0 spiro atoms. The van der Waals surface area contributed by atoms with E-state index in [2.05, 4.69) is 26.1 Å². The topological polar surface area (TPSA) is 25.8 Å². The molecule has 15 heavy (non-hydrogen) atoms. The maximum absolute atomic E-state index is 13.4. The van der Waals surface area contributed by atoms with Crippen LogP contribution in [0.2, 0.25) is 5.02 Å². The normalized spacial score (nSPS) is 10.7. The van der Waals surface area contributed by atoms with Crippen LogP contribution < -0.4 is 0 Å². The first kappa shape index (κ1) is 10.9. The standard InChI is InChI=1S/C8H2BrClF2N2S/c9-8-14-13-7(15-8)3-1-6(12)4(10)2-5(3)11/h1-2H. The maximum Gasteiger partial charge on any atom is 0.183 e. The summed E-state index contributed by atoms with van der Waals surface area (Å²) in [4.78, 5) is 0. The molecule has 0 saturated carbocycles. The molecule has 0 unspecified atom stereocenters. The Morgan fingerprint density at radius 1 is 1.20 bits per heavy atom. The number of halogens is 4. The largest absolute Gasteiger partial charge is 0.206 e. The van der Waals surface area contributed by atoms with Crippen LogP contribution in [0.3, 0.4) is 0 Å². The van der Waals surface area contributed by atoms with E-state index in [0.29, 0.717) is 8.92 Å². The van der Waals surface area contributed by atoms with Crippen molar-refractivity contribution in [2.24, 2.45) is 0 Å². The minimum absolute atomic E-state index is 0.0556. The Bertz CT molecular complexity index is 517. The number of benzene rings is 1. The van der Waals surface area contributed by atoms with Crippen LogP contribution in [0.4, 0.5) is 8.78 Å². The molecule has 0 saturated heterocycles. The fourth-order valence-corrected chi connectivity index (χ4v) is 2.28. The van der Waals surface area contributed by atoms with Crippen LogP contribution in [-0.2, 0) is 0 Å². The lowest BCUT2D eigenvalue weighted by Gasteiger charge is -1.99. The summed E-state index contributed by atoms with van der Waals surface area (Å²) in [6, 6.07) is 1.92. The molecule has 0 bridgehead atoms. The van der Waals surface area contributed by atoms with Crippen molar-refractivity contribution in [3.05, 3.63) is 32.7 Å². The Kier molecular flexibility index (Phi) is 2.99. The van der Waals surface area contributed by atoms with E-state index in [1.165, 1.54) is 0 Å². The molecule has 1 aromatic carbocycles. The zero-order chi connectivity index (χ0) is 11.0. The first-order chi connectivity index (χ1) is 7.08. The van der Waals surface area contributed by atoms with E-state index >= 15 is 0 Å². The highest BCUT2D eigenvalue weighted by atomic mass is 79.9. The molecule has 0 N–H and O–H groups in total. The van der Waals surface area contributed by atoms with E-state index in [1.54, 1.807) is 0 Å². The number of nitrogens with zero attached hydrogens (tertiary/aromatic N) is 2. The minimum atomic E-state index is -0.681. The van der Waals surface area contributed by atoms with Crippen LogP contribution in [0, 0.1) is 11.6 Å². The van der Waals surface area contributed by atoms with Crippen molar-refractivity contribution in [3.63, 3.8) is 0 Å². The molecule has 0 radical (unpaired) electrons. The Hall–Kier alpha value is -0.590. The van der Waals surface area contributed by atoms with Crippen molar-refractivity contribution in [2.75, 3.05) is 0 Å². The summed E-state index contributed by atoms with van der Waals surface area (Å²) < 4.78 is 27.0. The van der Waals surface area contributed by atoms with Crippen LogP contribution in [0.25, 0.3) is 10.6 Å². The van der Waals surface area contributed by atoms with Gasteiger partial charge in [0.1, 0.15) is 11.6 Å². The van der Waals surface area contributed by atoms with Crippen molar-refractivity contribution < 1.29 is 8.78 Å². The third kappa shape index (κ3) is 2.16. The van der Waals surface area contributed by atoms with E-state index in [-0.39, 0.29) is 10.6 Å². The monoisotopic (exact) mass is 310 g/mol. The zero-order valence-electron chi connectivity index (χ0n) is 6.97. The molecule has 0 atom stereocenters. The van der Waals surface area contributed by atoms with Crippen LogP contribution >= 0.6 is 38.9 Å². The molecule has 2 rings (SSSR count). The predicted molar refractivity (Wildman–Crippen MR) is 58.0 cm³/mol. The second kappa shape index (κ2) is 4.11.